The van der Waals surface area contributed by atoms with Crippen LogP contribution in [0, 0.1) is 0 Å². The van der Waals surface area contributed by atoms with Gasteiger partial charge >= 0.3 is 5.97 Å². The van der Waals surface area contributed by atoms with Crippen LogP contribution in [0.5, 0.6) is 0 Å². The molecule has 2 heterocycles. The number of carbonyl (C=O) groups is 2. The predicted octanol–water partition coefficient (Wildman–Crippen LogP) is 0.138. The summed E-state index contributed by atoms with van der Waals surface area (Å²) in [7, 11) is 0. The molecule has 1 saturated heterocycles. The number of nitrogens with zero attached hydrogens (tertiary/aromatic N) is 1. The van der Waals surface area contributed by atoms with Crippen LogP contribution in [0.3, 0.4) is 0 Å². The van der Waals surface area contributed by atoms with E-state index >= 15 is 0 Å². The molecule has 23 heavy (non-hydrogen) atoms. The van der Waals surface area contributed by atoms with E-state index in [1.165, 1.54) is 19.3 Å². The van der Waals surface area contributed by atoms with E-state index in [0.29, 0.717) is 6.42 Å². The summed E-state index contributed by atoms with van der Waals surface area (Å²) in [6.45, 7) is 2.58. The average Bonchev–Trinajstić information content (AvgIpc) is 2.55. The van der Waals surface area contributed by atoms with Crippen LogP contribution in [0.1, 0.15) is 32.1 Å². The summed E-state index contributed by atoms with van der Waals surface area (Å²) in [5.74, 6) is -1.04. The third-order valence-corrected chi connectivity index (χ3v) is 4.27. The standard InChI is InChI=1S/C16H26N2O5/c19-11-14-13(5-4-12(23-14)10-16(21)22)17-15(20)6-9-18-7-2-1-3-8-18/h4-5,12-14,19H,1-3,6-11H2,(H,17,20)(H,21,22)/t12-,13-,14+/m0/s1. The van der Waals surface area contributed by atoms with Gasteiger partial charge in [-0.2, -0.15) is 0 Å². The van der Waals surface area contributed by atoms with E-state index in [9.17, 15) is 14.7 Å². The summed E-state index contributed by atoms with van der Waals surface area (Å²) in [5.41, 5.74) is 0. The maximum absolute atomic E-state index is 12.1. The number of aliphatic carboxylic acids is 1. The molecule has 130 valence electrons. The number of piperidine rings is 1. The molecule has 3 atom stereocenters. The van der Waals surface area contributed by atoms with Crippen LogP contribution >= 0.6 is 0 Å². The Bertz CT molecular complexity index is 434. The lowest BCUT2D eigenvalue weighted by molar-refractivity contribution is -0.142. The van der Waals surface area contributed by atoms with Crippen LogP contribution in [0.4, 0.5) is 0 Å². The van der Waals surface area contributed by atoms with Gasteiger partial charge in [0.05, 0.1) is 25.2 Å². The van der Waals surface area contributed by atoms with E-state index < -0.39 is 24.2 Å². The van der Waals surface area contributed by atoms with Crippen molar-refractivity contribution in [3.63, 3.8) is 0 Å². The quantitative estimate of drug-likeness (QED) is 0.576. The Morgan fingerprint density at radius 3 is 2.61 bits per heavy atom. The fourth-order valence-corrected chi connectivity index (χ4v) is 3.01. The van der Waals surface area contributed by atoms with Crippen molar-refractivity contribution >= 4 is 11.9 Å². The van der Waals surface area contributed by atoms with Crippen molar-refractivity contribution in [1.29, 1.82) is 0 Å². The zero-order valence-electron chi connectivity index (χ0n) is 13.3. The van der Waals surface area contributed by atoms with Crippen LogP contribution in [-0.2, 0) is 14.3 Å². The molecule has 0 saturated carbocycles. The van der Waals surface area contributed by atoms with Crippen LogP contribution in [0.2, 0.25) is 0 Å². The molecule has 0 aromatic heterocycles. The lowest BCUT2D eigenvalue weighted by Gasteiger charge is -2.31. The number of carbonyl (C=O) groups excluding carboxylic acids is 1. The molecule has 0 spiro atoms. The first-order valence-electron chi connectivity index (χ1n) is 8.26. The maximum atomic E-state index is 12.1. The molecule has 0 aromatic carbocycles. The molecule has 2 aliphatic rings. The summed E-state index contributed by atoms with van der Waals surface area (Å²) in [6.07, 6.45) is 6.10. The molecular weight excluding hydrogens is 300 g/mol. The van der Waals surface area contributed by atoms with Crippen LogP contribution in [0.25, 0.3) is 0 Å². The van der Waals surface area contributed by atoms with Crippen molar-refractivity contribution in [1.82, 2.24) is 10.2 Å². The number of hydrogen-bond acceptors (Lipinski definition) is 5. The van der Waals surface area contributed by atoms with Crippen molar-refractivity contribution in [2.24, 2.45) is 0 Å². The lowest BCUT2D eigenvalue weighted by atomic mass is 10.0. The summed E-state index contributed by atoms with van der Waals surface area (Å²) in [4.78, 5) is 25.1. The van der Waals surface area contributed by atoms with Crippen molar-refractivity contribution in [3.05, 3.63) is 12.2 Å². The van der Waals surface area contributed by atoms with Crippen molar-refractivity contribution in [3.8, 4) is 0 Å². The minimum absolute atomic E-state index is 0.0797. The molecule has 0 aromatic rings. The molecule has 0 unspecified atom stereocenters. The Labute approximate surface area is 136 Å². The first-order chi connectivity index (χ1) is 11.1. The van der Waals surface area contributed by atoms with Gasteiger partial charge in [-0.15, -0.1) is 0 Å². The Balaban J connectivity index is 1.78. The van der Waals surface area contributed by atoms with Crippen LogP contribution in [-0.4, -0.2) is 71.5 Å². The SMILES string of the molecule is O=C(O)C[C@@H]1C=C[C@H](NC(=O)CCN2CCCCC2)[C@@H](CO)O1. The summed E-state index contributed by atoms with van der Waals surface area (Å²) < 4.78 is 5.51. The zero-order valence-corrected chi connectivity index (χ0v) is 13.3. The van der Waals surface area contributed by atoms with Gasteiger partial charge in [-0.1, -0.05) is 18.6 Å². The van der Waals surface area contributed by atoms with E-state index in [4.69, 9.17) is 9.84 Å². The van der Waals surface area contributed by atoms with Gasteiger partial charge < -0.3 is 25.2 Å². The van der Waals surface area contributed by atoms with Crippen molar-refractivity contribution < 1.29 is 24.5 Å². The molecular formula is C16H26N2O5. The molecule has 1 amide bonds. The van der Waals surface area contributed by atoms with E-state index in [-0.39, 0.29) is 18.9 Å². The Morgan fingerprint density at radius 2 is 1.96 bits per heavy atom. The van der Waals surface area contributed by atoms with Crippen molar-refractivity contribution in [2.75, 3.05) is 26.2 Å². The Kier molecular flexibility index (Phi) is 7.01. The van der Waals surface area contributed by atoms with Gasteiger partial charge in [0.1, 0.15) is 6.10 Å². The number of carboxylic acids is 1. The predicted molar refractivity (Wildman–Crippen MR) is 84.0 cm³/mol. The summed E-state index contributed by atoms with van der Waals surface area (Å²) in [5, 5.41) is 21.0. The van der Waals surface area contributed by atoms with E-state index in [1.54, 1.807) is 12.2 Å². The molecule has 7 nitrogen and oxygen atoms in total. The fourth-order valence-electron chi connectivity index (χ4n) is 3.01. The van der Waals surface area contributed by atoms with E-state index in [2.05, 4.69) is 10.2 Å². The van der Waals surface area contributed by atoms with E-state index in [0.717, 1.165) is 19.6 Å². The van der Waals surface area contributed by atoms with Crippen LogP contribution < -0.4 is 5.32 Å². The highest BCUT2D eigenvalue weighted by molar-refractivity contribution is 5.76. The van der Waals surface area contributed by atoms with Crippen molar-refractivity contribution in [2.45, 2.75) is 50.4 Å². The third-order valence-electron chi connectivity index (χ3n) is 4.27. The first kappa shape index (κ1) is 17.9. The zero-order chi connectivity index (χ0) is 16.7. The number of hydrogen-bond donors (Lipinski definition) is 3. The van der Waals surface area contributed by atoms with Gasteiger partial charge in [0.2, 0.25) is 5.91 Å². The molecule has 7 heteroatoms. The molecule has 2 aliphatic heterocycles. The first-order valence-corrected chi connectivity index (χ1v) is 8.26. The van der Waals surface area contributed by atoms with Gasteiger partial charge in [0, 0.05) is 13.0 Å². The lowest BCUT2D eigenvalue weighted by Crippen LogP contribution is -2.49. The number of rotatable bonds is 7. The third kappa shape index (κ3) is 5.93. The highest BCUT2D eigenvalue weighted by atomic mass is 16.5. The highest BCUT2D eigenvalue weighted by Gasteiger charge is 2.29. The molecule has 0 aliphatic carbocycles. The minimum atomic E-state index is -0.958. The monoisotopic (exact) mass is 326 g/mol. The Hall–Kier alpha value is -1.44. The molecule has 1 fully saturated rings. The number of carboxylic acid groups (broad SMARTS) is 1. The molecule has 0 radical (unpaired) electrons. The second-order valence-electron chi connectivity index (χ2n) is 6.12. The van der Waals surface area contributed by atoms with Gasteiger partial charge in [-0.25, -0.2) is 0 Å². The number of amides is 1. The van der Waals surface area contributed by atoms with Gasteiger partial charge in [-0.3, -0.25) is 9.59 Å². The number of aliphatic hydroxyl groups excluding tert-OH is 1. The Morgan fingerprint density at radius 1 is 1.22 bits per heavy atom. The number of likely N-dealkylation sites (tertiary alicyclic amines) is 1. The molecule has 0 bridgehead atoms. The molecule has 2 rings (SSSR count). The summed E-state index contributed by atoms with van der Waals surface area (Å²) >= 11 is 0. The van der Waals surface area contributed by atoms with E-state index in [1.807, 2.05) is 0 Å². The smallest absolute Gasteiger partial charge is 0.306 e. The topological polar surface area (TPSA) is 99.1 Å². The van der Waals surface area contributed by atoms with Gasteiger partial charge in [-0.05, 0) is 25.9 Å². The fraction of sp³-hybridized carbons (Fsp3) is 0.750. The largest absolute Gasteiger partial charge is 0.481 e. The molecule has 3 N–H and O–H groups in total. The second-order valence-corrected chi connectivity index (χ2v) is 6.12. The minimum Gasteiger partial charge on any atom is -0.481 e. The number of ether oxygens (including phenoxy) is 1. The normalized spacial score (nSPS) is 28.5. The second kappa shape index (κ2) is 9.00. The maximum Gasteiger partial charge on any atom is 0.306 e. The van der Waals surface area contributed by atoms with Gasteiger partial charge in [0.15, 0.2) is 0 Å². The van der Waals surface area contributed by atoms with Crippen LogP contribution in [0.15, 0.2) is 12.2 Å². The van der Waals surface area contributed by atoms with Gasteiger partial charge in [0.25, 0.3) is 0 Å². The average molecular weight is 326 g/mol. The number of nitrogens with one attached hydrogen (secondary N) is 1. The highest BCUT2D eigenvalue weighted by Crippen LogP contribution is 2.16. The summed E-state index contributed by atoms with van der Waals surface area (Å²) in [6, 6.07) is -0.418. The number of aliphatic hydroxyl groups is 1.